The van der Waals surface area contributed by atoms with Crippen molar-refractivity contribution in [3.8, 4) is 17.0 Å². The summed E-state index contributed by atoms with van der Waals surface area (Å²) < 4.78 is 5.25. The van der Waals surface area contributed by atoms with Crippen LogP contribution in [0.1, 0.15) is 19.3 Å². The van der Waals surface area contributed by atoms with Crippen molar-refractivity contribution in [2.24, 2.45) is 0 Å². The number of fused-ring (bicyclic) bond motifs is 1. The number of piperidine rings is 1. The summed E-state index contributed by atoms with van der Waals surface area (Å²) >= 11 is 0. The number of pyridine rings is 1. The highest BCUT2D eigenvalue weighted by atomic mass is 16.5. The number of nitrogens with zero attached hydrogens (tertiary/aromatic N) is 4. The quantitative estimate of drug-likeness (QED) is 0.472. The maximum atomic E-state index is 5.25. The molecule has 1 aliphatic rings. The molecular weight excluding hydrogens is 386 g/mol. The number of hydrogen-bond donors (Lipinski definition) is 1. The Kier molecular flexibility index (Phi) is 5.35. The second-order valence-corrected chi connectivity index (χ2v) is 7.76. The van der Waals surface area contributed by atoms with Gasteiger partial charge in [-0.2, -0.15) is 0 Å². The van der Waals surface area contributed by atoms with Crippen LogP contribution >= 0.6 is 0 Å². The first-order valence-corrected chi connectivity index (χ1v) is 10.7. The van der Waals surface area contributed by atoms with Crippen molar-refractivity contribution in [3.05, 3.63) is 67.1 Å². The molecule has 0 bridgehead atoms. The van der Waals surface area contributed by atoms with Gasteiger partial charge in [0, 0.05) is 30.0 Å². The molecule has 0 radical (unpaired) electrons. The number of rotatable bonds is 5. The van der Waals surface area contributed by atoms with Crippen molar-refractivity contribution < 1.29 is 4.74 Å². The first-order valence-electron chi connectivity index (χ1n) is 10.7. The van der Waals surface area contributed by atoms with E-state index in [2.05, 4.69) is 44.5 Å². The van der Waals surface area contributed by atoms with E-state index in [1.807, 2.05) is 24.3 Å². The number of methoxy groups -OCH3 is 1. The van der Waals surface area contributed by atoms with Crippen molar-refractivity contribution in [1.82, 2.24) is 15.0 Å². The number of benzene rings is 2. The van der Waals surface area contributed by atoms with Crippen LogP contribution in [-0.4, -0.2) is 35.2 Å². The molecule has 0 aliphatic carbocycles. The highest BCUT2D eigenvalue weighted by Crippen LogP contribution is 2.28. The molecule has 1 N–H and O–H groups in total. The standard InChI is InChI=1S/C25H25N5O/c1-31-21-11-5-18(6-12-21)22-17-27-23-15-26-16-24(25(23)29-22)28-19-7-9-20(10-8-19)30-13-3-2-4-14-30/h5-12,15-17,28H,2-4,13-14H2,1H3. The maximum absolute atomic E-state index is 5.25. The third-order valence-electron chi connectivity index (χ3n) is 5.71. The molecule has 3 heterocycles. The van der Waals surface area contributed by atoms with E-state index in [0.717, 1.165) is 52.5 Å². The zero-order chi connectivity index (χ0) is 21.0. The lowest BCUT2D eigenvalue weighted by molar-refractivity contribution is 0.415. The van der Waals surface area contributed by atoms with Gasteiger partial charge in [-0.05, 0) is 67.8 Å². The minimum Gasteiger partial charge on any atom is -0.497 e. The Balaban J connectivity index is 1.42. The predicted octanol–water partition coefficient (Wildman–Crippen LogP) is 5.43. The minimum absolute atomic E-state index is 0.757. The molecule has 1 saturated heterocycles. The van der Waals surface area contributed by atoms with Gasteiger partial charge in [0.15, 0.2) is 0 Å². The molecule has 0 amide bonds. The van der Waals surface area contributed by atoms with Crippen molar-refractivity contribution in [2.45, 2.75) is 19.3 Å². The Morgan fingerprint density at radius 1 is 0.871 bits per heavy atom. The average Bonchev–Trinajstić information content (AvgIpc) is 2.85. The smallest absolute Gasteiger partial charge is 0.118 e. The van der Waals surface area contributed by atoms with Crippen molar-refractivity contribution in [1.29, 1.82) is 0 Å². The van der Waals surface area contributed by atoms with E-state index in [1.54, 1.807) is 25.7 Å². The predicted molar refractivity (Wildman–Crippen MR) is 125 cm³/mol. The number of anilines is 3. The van der Waals surface area contributed by atoms with Crippen LogP contribution in [0.25, 0.3) is 22.3 Å². The first kappa shape index (κ1) is 19.3. The molecule has 0 spiro atoms. The van der Waals surface area contributed by atoms with Gasteiger partial charge in [0.05, 0.1) is 37.1 Å². The van der Waals surface area contributed by atoms with E-state index in [-0.39, 0.29) is 0 Å². The van der Waals surface area contributed by atoms with E-state index in [4.69, 9.17) is 9.72 Å². The van der Waals surface area contributed by atoms with Gasteiger partial charge in [0.2, 0.25) is 0 Å². The van der Waals surface area contributed by atoms with Crippen molar-refractivity contribution >= 4 is 28.1 Å². The van der Waals surface area contributed by atoms with E-state index in [1.165, 1.54) is 24.9 Å². The maximum Gasteiger partial charge on any atom is 0.118 e. The van der Waals surface area contributed by atoms with Crippen molar-refractivity contribution in [3.63, 3.8) is 0 Å². The largest absolute Gasteiger partial charge is 0.497 e. The van der Waals surface area contributed by atoms with Gasteiger partial charge < -0.3 is 15.0 Å². The summed E-state index contributed by atoms with van der Waals surface area (Å²) in [5.74, 6) is 0.817. The topological polar surface area (TPSA) is 63.2 Å². The molecule has 0 unspecified atom stereocenters. The fraction of sp³-hybridized carbons (Fsp3) is 0.240. The van der Waals surface area contributed by atoms with Crippen LogP contribution < -0.4 is 15.0 Å². The lowest BCUT2D eigenvalue weighted by atomic mass is 10.1. The Morgan fingerprint density at radius 2 is 1.65 bits per heavy atom. The van der Waals surface area contributed by atoms with Gasteiger partial charge in [0.1, 0.15) is 16.8 Å². The molecule has 6 heteroatoms. The van der Waals surface area contributed by atoms with Crippen LogP contribution in [0.2, 0.25) is 0 Å². The molecule has 2 aromatic carbocycles. The Labute approximate surface area is 181 Å². The third-order valence-corrected chi connectivity index (χ3v) is 5.71. The number of aromatic nitrogens is 3. The lowest BCUT2D eigenvalue weighted by Gasteiger charge is -2.28. The van der Waals surface area contributed by atoms with Crippen molar-refractivity contribution in [2.75, 3.05) is 30.4 Å². The third kappa shape index (κ3) is 4.14. The Hall–Kier alpha value is -3.67. The normalized spacial score (nSPS) is 13.9. The van der Waals surface area contributed by atoms with Gasteiger partial charge in [-0.1, -0.05) is 0 Å². The molecule has 0 saturated carbocycles. The molecule has 6 nitrogen and oxygen atoms in total. The van der Waals surface area contributed by atoms with Crippen LogP contribution in [0.15, 0.2) is 67.1 Å². The Bertz CT molecular complexity index is 1170. The number of hydrogen-bond acceptors (Lipinski definition) is 6. The fourth-order valence-corrected chi connectivity index (χ4v) is 3.99. The van der Waals surface area contributed by atoms with Gasteiger partial charge in [0.25, 0.3) is 0 Å². The molecule has 31 heavy (non-hydrogen) atoms. The summed E-state index contributed by atoms with van der Waals surface area (Å²) in [6.45, 7) is 2.29. The number of ether oxygens (including phenoxy) is 1. The highest BCUT2D eigenvalue weighted by molar-refractivity contribution is 5.90. The van der Waals surface area contributed by atoms with Gasteiger partial charge in [-0.15, -0.1) is 0 Å². The summed E-state index contributed by atoms with van der Waals surface area (Å²) in [5.41, 5.74) is 6.48. The summed E-state index contributed by atoms with van der Waals surface area (Å²) in [7, 11) is 1.66. The summed E-state index contributed by atoms with van der Waals surface area (Å²) in [6, 6.07) is 16.4. The van der Waals surface area contributed by atoms with Crippen LogP contribution in [0.5, 0.6) is 5.75 Å². The average molecular weight is 412 g/mol. The lowest BCUT2D eigenvalue weighted by Crippen LogP contribution is -2.29. The van der Waals surface area contributed by atoms with Crippen LogP contribution in [0, 0.1) is 0 Å². The Morgan fingerprint density at radius 3 is 2.39 bits per heavy atom. The van der Waals surface area contributed by atoms with E-state index in [0.29, 0.717) is 0 Å². The van der Waals surface area contributed by atoms with Crippen LogP contribution in [-0.2, 0) is 0 Å². The molecule has 0 atom stereocenters. The molecule has 1 aliphatic heterocycles. The molecule has 4 aromatic rings. The molecule has 156 valence electrons. The second kappa shape index (κ2) is 8.60. The van der Waals surface area contributed by atoms with Gasteiger partial charge in [-0.3, -0.25) is 9.97 Å². The molecular formula is C25H25N5O. The van der Waals surface area contributed by atoms with Crippen LogP contribution in [0.3, 0.4) is 0 Å². The molecule has 2 aromatic heterocycles. The zero-order valence-electron chi connectivity index (χ0n) is 17.6. The SMILES string of the molecule is COc1ccc(-c2cnc3cncc(Nc4ccc(N5CCCCC5)cc4)c3n2)cc1. The van der Waals surface area contributed by atoms with Gasteiger partial charge >= 0.3 is 0 Å². The summed E-state index contributed by atoms with van der Waals surface area (Å²) in [6.07, 6.45) is 9.21. The van der Waals surface area contributed by atoms with E-state index in [9.17, 15) is 0 Å². The molecule has 1 fully saturated rings. The van der Waals surface area contributed by atoms with E-state index >= 15 is 0 Å². The first-order chi connectivity index (χ1) is 15.3. The fourth-order valence-electron chi connectivity index (χ4n) is 3.99. The molecule has 5 rings (SSSR count). The summed E-state index contributed by atoms with van der Waals surface area (Å²) in [4.78, 5) is 16.2. The van der Waals surface area contributed by atoms with Crippen LogP contribution in [0.4, 0.5) is 17.1 Å². The monoisotopic (exact) mass is 411 g/mol. The highest BCUT2D eigenvalue weighted by Gasteiger charge is 2.12. The minimum atomic E-state index is 0.757. The summed E-state index contributed by atoms with van der Waals surface area (Å²) in [5, 5.41) is 3.47. The zero-order valence-corrected chi connectivity index (χ0v) is 17.6. The van der Waals surface area contributed by atoms with E-state index < -0.39 is 0 Å². The number of nitrogens with one attached hydrogen (secondary N) is 1. The second-order valence-electron chi connectivity index (χ2n) is 7.76. The van der Waals surface area contributed by atoms with Gasteiger partial charge in [-0.25, -0.2) is 4.98 Å².